The zero-order chi connectivity index (χ0) is 15.4. The van der Waals surface area contributed by atoms with Gasteiger partial charge >= 0.3 is 0 Å². The Balaban J connectivity index is 2.12. The number of nitrogens with one attached hydrogen (secondary N) is 2. The first kappa shape index (κ1) is 15.1. The van der Waals surface area contributed by atoms with Crippen molar-refractivity contribution in [3.63, 3.8) is 0 Å². The van der Waals surface area contributed by atoms with Gasteiger partial charge in [-0.1, -0.05) is 0 Å². The van der Waals surface area contributed by atoms with E-state index in [2.05, 4.69) is 15.4 Å². The van der Waals surface area contributed by atoms with Gasteiger partial charge in [-0.3, -0.25) is 20.4 Å². The Hall–Kier alpha value is -2.27. The monoisotopic (exact) mass is 305 g/mol. The third-order valence-corrected chi connectivity index (χ3v) is 3.34. The molecule has 1 aromatic carbocycles. The van der Waals surface area contributed by atoms with Crippen LogP contribution in [0.3, 0.4) is 0 Å². The van der Waals surface area contributed by atoms with E-state index in [1.165, 1.54) is 0 Å². The molecule has 0 aliphatic carbocycles. The lowest BCUT2D eigenvalue weighted by Gasteiger charge is -2.10. The van der Waals surface area contributed by atoms with Crippen molar-refractivity contribution >= 4 is 23.4 Å². The Labute approximate surface area is 127 Å². The molecule has 6 heteroatoms. The third kappa shape index (κ3) is 3.44. The van der Waals surface area contributed by atoms with Crippen molar-refractivity contribution in [1.82, 2.24) is 15.4 Å². The van der Waals surface area contributed by atoms with Crippen LogP contribution in [0.2, 0.25) is 0 Å². The number of nitrogens with zero attached hydrogens (tertiary/aromatic N) is 1. The number of carbonyl (C=O) groups excluding carboxylic acids is 2. The molecule has 1 aromatic heterocycles. The van der Waals surface area contributed by atoms with E-state index in [-0.39, 0.29) is 11.8 Å². The Kier molecular flexibility index (Phi) is 4.65. The highest BCUT2D eigenvalue weighted by molar-refractivity contribution is 6.27. The van der Waals surface area contributed by atoms with Gasteiger partial charge < -0.3 is 4.57 Å². The van der Waals surface area contributed by atoms with E-state index in [1.54, 1.807) is 12.1 Å². The molecule has 2 amide bonds. The molecule has 1 heterocycles. The van der Waals surface area contributed by atoms with Gasteiger partial charge in [-0.05, 0) is 50.2 Å². The smallest absolute Gasteiger partial charge is 0.269 e. The minimum atomic E-state index is -0.458. The van der Waals surface area contributed by atoms with E-state index in [1.807, 2.05) is 38.1 Å². The lowest BCUT2D eigenvalue weighted by atomic mass is 10.2. The Bertz CT molecular complexity index is 643. The van der Waals surface area contributed by atoms with Crippen LogP contribution in [-0.4, -0.2) is 22.3 Å². The SMILES string of the molecule is Cc1ccc(C)n1-c1ccc(C(=O)NNC(=O)CCl)cc1. The lowest BCUT2D eigenvalue weighted by molar-refractivity contribution is -0.119. The summed E-state index contributed by atoms with van der Waals surface area (Å²) >= 11 is 5.32. The van der Waals surface area contributed by atoms with Crippen molar-refractivity contribution in [2.45, 2.75) is 13.8 Å². The van der Waals surface area contributed by atoms with E-state index >= 15 is 0 Å². The summed E-state index contributed by atoms with van der Waals surface area (Å²) < 4.78 is 2.09. The number of carbonyl (C=O) groups is 2. The number of hydrogen-bond donors (Lipinski definition) is 2. The van der Waals surface area contributed by atoms with Crippen LogP contribution in [-0.2, 0) is 4.79 Å². The summed E-state index contributed by atoms with van der Waals surface area (Å²) in [4.78, 5) is 22.8. The second kappa shape index (κ2) is 6.45. The van der Waals surface area contributed by atoms with Crippen LogP contribution in [0, 0.1) is 13.8 Å². The van der Waals surface area contributed by atoms with Crippen LogP contribution < -0.4 is 10.9 Å². The Morgan fingerprint density at radius 2 is 1.57 bits per heavy atom. The molecule has 0 aliphatic rings. The lowest BCUT2D eigenvalue weighted by Crippen LogP contribution is -2.42. The van der Waals surface area contributed by atoms with Crippen LogP contribution in [0.5, 0.6) is 0 Å². The summed E-state index contributed by atoms with van der Waals surface area (Å²) in [6, 6.07) is 11.2. The topological polar surface area (TPSA) is 63.1 Å². The van der Waals surface area contributed by atoms with E-state index < -0.39 is 5.91 Å². The molecule has 2 N–H and O–H groups in total. The highest BCUT2D eigenvalue weighted by atomic mass is 35.5. The van der Waals surface area contributed by atoms with Crippen LogP contribution >= 0.6 is 11.6 Å². The average molecular weight is 306 g/mol. The second-order valence-electron chi connectivity index (χ2n) is 4.63. The first-order valence-electron chi connectivity index (χ1n) is 6.43. The van der Waals surface area contributed by atoms with Gasteiger partial charge in [0, 0.05) is 22.6 Å². The van der Waals surface area contributed by atoms with Gasteiger partial charge in [0.1, 0.15) is 5.88 Å². The first-order chi connectivity index (χ1) is 10.0. The van der Waals surface area contributed by atoms with Gasteiger partial charge in [0.15, 0.2) is 0 Å². The highest BCUT2D eigenvalue weighted by Crippen LogP contribution is 2.16. The second-order valence-corrected chi connectivity index (χ2v) is 4.90. The molecule has 0 radical (unpaired) electrons. The number of benzene rings is 1. The number of halogens is 1. The maximum Gasteiger partial charge on any atom is 0.269 e. The van der Waals surface area contributed by atoms with Crippen molar-refractivity contribution in [2.24, 2.45) is 0 Å². The maximum absolute atomic E-state index is 11.8. The molecule has 0 aliphatic heterocycles. The number of rotatable bonds is 3. The Morgan fingerprint density at radius 3 is 2.10 bits per heavy atom. The minimum Gasteiger partial charge on any atom is -0.319 e. The number of amides is 2. The van der Waals surface area contributed by atoms with Crippen LogP contribution in [0.25, 0.3) is 5.69 Å². The summed E-state index contributed by atoms with van der Waals surface area (Å²) in [6.45, 7) is 4.05. The fraction of sp³-hybridized carbons (Fsp3) is 0.200. The van der Waals surface area contributed by atoms with Gasteiger partial charge in [-0.15, -0.1) is 11.6 Å². The molecule has 2 rings (SSSR count). The minimum absolute atomic E-state index is 0.203. The normalized spacial score (nSPS) is 10.2. The molecule has 0 spiro atoms. The Morgan fingerprint density at radius 1 is 1.00 bits per heavy atom. The van der Waals surface area contributed by atoms with Crippen molar-refractivity contribution in [2.75, 3.05) is 5.88 Å². The summed E-state index contributed by atoms with van der Waals surface area (Å²) in [5, 5.41) is 0. The van der Waals surface area contributed by atoms with Crippen LogP contribution in [0.15, 0.2) is 36.4 Å². The number of aryl methyl sites for hydroxylation is 2. The quantitative estimate of drug-likeness (QED) is 0.674. The summed E-state index contributed by atoms with van der Waals surface area (Å²) in [6.07, 6.45) is 0. The van der Waals surface area contributed by atoms with Crippen LogP contribution in [0.1, 0.15) is 21.7 Å². The zero-order valence-electron chi connectivity index (χ0n) is 11.8. The molecule has 2 aromatic rings. The maximum atomic E-state index is 11.8. The number of hydrogen-bond acceptors (Lipinski definition) is 2. The molecule has 0 saturated carbocycles. The fourth-order valence-electron chi connectivity index (χ4n) is 2.07. The molecule has 21 heavy (non-hydrogen) atoms. The largest absolute Gasteiger partial charge is 0.319 e. The van der Waals surface area contributed by atoms with Gasteiger partial charge in [-0.2, -0.15) is 0 Å². The number of hydrazine groups is 1. The summed E-state index contributed by atoms with van der Waals surface area (Å²) in [5.74, 6) is -1.05. The predicted molar refractivity (Wildman–Crippen MR) is 81.6 cm³/mol. The summed E-state index contributed by atoms with van der Waals surface area (Å²) in [7, 11) is 0. The van der Waals surface area contributed by atoms with Gasteiger partial charge in [-0.25, -0.2) is 0 Å². The molecular formula is C15H16ClN3O2. The zero-order valence-corrected chi connectivity index (χ0v) is 12.6. The van der Waals surface area contributed by atoms with Crippen LogP contribution in [0.4, 0.5) is 0 Å². The molecule has 0 unspecified atom stereocenters. The highest BCUT2D eigenvalue weighted by Gasteiger charge is 2.08. The van der Waals surface area contributed by atoms with Crippen molar-refractivity contribution < 1.29 is 9.59 Å². The molecule has 0 saturated heterocycles. The molecule has 0 bridgehead atoms. The average Bonchev–Trinajstić information content (AvgIpc) is 2.83. The molecule has 0 fully saturated rings. The van der Waals surface area contributed by atoms with E-state index in [0.29, 0.717) is 5.56 Å². The van der Waals surface area contributed by atoms with E-state index in [4.69, 9.17) is 11.6 Å². The van der Waals surface area contributed by atoms with Crippen molar-refractivity contribution in [1.29, 1.82) is 0 Å². The predicted octanol–water partition coefficient (Wildman–Crippen LogP) is 2.09. The molecular weight excluding hydrogens is 290 g/mol. The van der Waals surface area contributed by atoms with Crippen molar-refractivity contribution in [3.8, 4) is 5.69 Å². The fourth-order valence-corrected chi connectivity index (χ4v) is 2.14. The molecule has 5 nitrogen and oxygen atoms in total. The third-order valence-electron chi connectivity index (χ3n) is 3.10. The van der Waals surface area contributed by atoms with Crippen molar-refractivity contribution in [3.05, 3.63) is 53.3 Å². The van der Waals surface area contributed by atoms with E-state index in [0.717, 1.165) is 17.1 Å². The standard InChI is InChI=1S/C15H16ClN3O2/c1-10-3-4-11(2)19(10)13-7-5-12(6-8-13)15(21)18-17-14(20)9-16/h3-8H,9H2,1-2H3,(H,17,20)(H,18,21). The van der Waals surface area contributed by atoms with Gasteiger partial charge in [0.05, 0.1) is 0 Å². The molecule has 0 atom stereocenters. The summed E-state index contributed by atoms with van der Waals surface area (Å²) in [5.41, 5.74) is 8.20. The van der Waals surface area contributed by atoms with Gasteiger partial charge in [0.2, 0.25) is 0 Å². The van der Waals surface area contributed by atoms with Gasteiger partial charge in [0.25, 0.3) is 11.8 Å². The van der Waals surface area contributed by atoms with E-state index in [9.17, 15) is 9.59 Å². The molecule has 110 valence electrons. The number of aromatic nitrogens is 1. The number of alkyl halides is 1. The first-order valence-corrected chi connectivity index (χ1v) is 6.97.